The number of β-lactam (4-membered cyclic amide) rings is 1. The van der Waals surface area contributed by atoms with Gasteiger partial charge in [0.15, 0.2) is 15.6 Å². The van der Waals surface area contributed by atoms with Crippen LogP contribution in [0, 0.1) is 6.92 Å². The maximum atomic E-state index is 12.6. The molecule has 3 atom stereocenters. The Kier molecular flexibility index (Phi) is 4.53. The summed E-state index contributed by atoms with van der Waals surface area (Å²) < 4.78 is 28.3. The number of hydrogen-bond donors (Lipinski definition) is 0. The monoisotopic (exact) mass is 348 g/mol. The van der Waals surface area contributed by atoms with E-state index in [0.717, 1.165) is 4.90 Å². The zero-order valence-electron chi connectivity index (χ0n) is 12.8. The van der Waals surface area contributed by atoms with Crippen LogP contribution in [0.25, 0.3) is 6.08 Å². The fourth-order valence-electron chi connectivity index (χ4n) is 2.94. The summed E-state index contributed by atoms with van der Waals surface area (Å²) in [6.07, 6.45) is 2.38. The fourth-order valence-corrected chi connectivity index (χ4v) is 5.20. The quantitative estimate of drug-likeness (QED) is 0.402. The number of carbonyl (C=O) groups excluding carboxylic acids is 2. The van der Waals surface area contributed by atoms with Gasteiger partial charge < -0.3 is 19.3 Å². The maximum absolute atomic E-state index is 12.6. The standard InChI is InChI=1S/C13H14N2O6S.Na/c1-7-5-8(21-14-7)3-4-13(2)11(12(17)18)15-9(16)6-10(15)22(13,19)20;/h3-5,10-11H,6H2,1-2H3,(H,17,18);/q;+1/p-1/b4-3-;/t10-,11+,13+;/m1./s1. The van der Waals surface area contributed by atoms with Gasteiger partial charge in [-0.2, -0.15) is 0 Å². The van der Waals surface area contributed by atoms with Crippen molar-refractivity contribution in [1.29, 1.82) is 0 Å². The Morgan fingerprint density at radius 1 is 1.57 bits per heavy atom. The number of aliphatic carboxylic acids is 1. The number of rotatable bonds is 3. The van der Waals surface area contributed by atoms with Crippen LogP contribution in [0.3, 0.4) is 0 Å². The third-order valence-corrected chi connectivity index (χ3v) is 6.88. The number of carboxylic acid groups (broad SMARTS) is 1. The van der Waals surface area contributed by atoms with Gasteiger partial charge in [0, 0.05) is 6.07 Å². The number of sulfone groups is 1. The maximum Gasteiger partial charge on any atom is 1.00 e. The van der Waals surface area contributed by atoms with Crippen molar-refractivity contribution in [1.82, 2.24) is 10.1 Å². The Morgan fingerprint density at radius 2 is 2.22 bits per heavy atom. The SMILES string of the molecule is Cc1cc(/C=C\[C@@]2(C)[C@H](C(=O)[O-])N3C(=O)C[C@H]3S2(=O)=O)on1.[Na+]. The summed E-state index contributed by atoms with van der Waals surface area (Å²) >= 11 is 0. The van der Waals surface area contributed by atoms with E-state index in [2.05, 4.69) is 5.16 Å². The second-order valence-electron chi connectivity index (χ2n) is 5.61. The fraction of sp³-hybridized carbons (Fsp3) is 0.462. The molecule has 118 valence electrons. The summed E-state index contributed by atoms with van der Waals surface area (Å²) in [5, 5.41) is 14.0. The molecule has 0 bridgehead atoms. The molecule has 2 saturated heterocycles. The smallest absolute Gasteiger partial charge is 0.548 e. The van der Waals surface area contributed by atoms with E-state index < -0.39 is 37.9 Å². The van der Waals surface area contributed by atoms with Gasteiger partial charge in [0.05, 0.1) is 24.1 Å². The molecule has 23 heavy (non-hydrogen) atoms. The van der Waals surface area contributed by atoms with E-state index in [4.69, 9.17) is 4.52 Å². The van der Waals surface area contributed by atoms with Crippen molar-refractivity contribution in [2.75, 3.05) is 0 Å². The number of hydrogen-bond acceptors (Lipinski definition) is 7. The van der Waals surface area contributed by atoms with Crippen LogP contribution in [0.2, 0.25) is 0 Å². The summed E-state index contributed by atoms with van der Waals surface area (Å²) in [5.41, 5.74) is 0.606. The molecule has 1 aromatic rings. The van der Waals surface area contributed by atoms with Crippen molar-refractivity contribution in [3.63, 3.8) is 0 Å². The molecule has 3 heterocycles. The van der Waals surface area contributed by atoms with Gasteiger partial charge in [0.2, 0.25) is 5.91 Å². The molecular weight excluding hydrogens is 335 g/mol. The van der Waals surface area contributed by atoms with E-state index >= 15 is 0 Å². The molecule has 0 spiro atoms. The van der Waals surface area contributed by atoms with Gasteiger partial charge in [0.25, 0.3) is 0 Å². The van der Waals surface area contributed by atoms with Crippen molar-refractivity contribution in [2.24, 2.45) is 0 Å². The average molecular weight is 348 g/mol. The Hall–Kier alpha value is -1.16. The normalized spacial score (nSPS) is 31.6. The molecule has 8 nitrogen and oxygen atoms in total. The summed E-state index contributed by atoms with van der Waals surface area (Å²) in [6, 6.07) is 0.0270. The summed E-state index contributed by atoms with van der Waals surface area (Å²) in [4.78, 5) is 23.9. The van der Waals surface area contributed by atoms with Gasteiger partial charge in [-0.3, -0.25) is 4.79 Å². The van der Waals surface area contributed by atoms with E-state index in [0.29, 0.717) is 11.5 Å². The molecule has 0 saturated carbocycles. The van der Waals surface area contributed by atoms with Crippen molar-refractivity contribution in [3.8, 4) is 0 Å². The number of aryl methyl sites for hydroxylation is 1. The van der Waals surface area contributed by atoms with Crippen molar-refractivity contribution >= 4 is 27.8 Å². The first-order valence-corrected chi connectivity index (χ1v) is 8.11. The minimum atomic E-state index is -3.88. The number of nitrogens with zero attached hydrogens (tertiary/aromatic N) is 2. The number of fused-ring (bicyclic) bond motifs is 1. The number of carbonyl (C=O) groups is 2. The molecule has 2 aliphatic heterocycles. The summed E-state index contributed by atoms with van der Waals surface area (Å²) in [6.45, 7) is 2.97. The van der Waals surface area contributed by atoms with Crippen LogP contribution in [0.5, 0.6) is 0 Å². The predicted octanol–water partition coefficient (Wildman–Crippen LogP) is -4.14. The third kappa shape index (κ3) is 2.46. The van der Waals surface area contributed by atoms with Gasteiger partial charge in [0.1, 0.15) is 10.1 Å². The first-order valence-electron chi connectivity index (χ1n) is 6.56. The number of aromatic nitrogens is 1. The molecular formula is C13H13N2NaO6S. The molecule has 2 fully saturated rings. The van der Waals surface area contributed by atoms with Crippen molar-refractivity contribution in [3.05, 3.63) is 23.6 Å². The molecule has 0 radical (unpaired) electrons. The van der Waals surface area contributed by atoms with Crippen LogP contribution in [0.1, 0.15) is 24.8 Å². The largest absolute Gasteiger partial charge is 1.00 e. The first kappa shape index (κ1) is 18.2. The Bertz CT molecular complexity index is 801. The predicted molar refractivity (Wildman–Crippen MR) is 71.6 cm³/mol. The zero-order valence-corrected chi connectivity index (χ0v) is 15.7. The van der Waals surface area contributed by atoms with Gasteiger partial charge in [-0.05, 0) is 19.9 Å². The molecule has 1 amide bonds. The Labute approximate surface area is 154 Å². The molecule has 0 N–H and O–H groups in total. The van der Waals surface area contributed by atoms with E-state index in [9.17, 15) is 23.1 Å². The van der Waals surface area contributed by atoms with Crippen LogP contribution >= 0.6 is 0 Å². The molecule has 0 aliphatic carbocycles. The van der Waals surface area contributed by atoms with Crippen LogP contribution in [0.4, 0.5) is 0 Å². The van der Waals surface area contributed by atoms with Crippen molar-refractivity contribution < 1.29 is 57.2 Å². The molecule has 0 aromatic carbocycles. The average Bonchev–Trinajstić information content (AvgIpc) is 2.88. The minimum Gasteiger partial charge on any atom is -0.548 e. The van der Waals surface area contributed by atoms with Crippen LogP contribution in [0.15, 0.2) is 16.7 Å². The van der Waals surface area contributed by atoms with Gasteiger partial charge in [-0.1, -0.05) is 11.2 Å². The minimum absolute atomic E-state index is 0. The summed E-state index contributed by atoms with van der Waals surface area (Å²) in [7, 11) is -3.88. The molecule has 2 aliphatic rings. The van der Waals surface area contributed by atoms with E-state index in [1.165, 1.54) is 19.1 Å². The van der Waals surface area contributed by atoms with E-state index in [1.807, 2.05) is 0 Å². The second-order valence-corrected chi connectivity index (χ2v) is 8.13. The molecule has 10 heteroatoms. The zero-order chi connectivity index (χ0) is 16.3. The van der Waals surface area contributed by atoms with Gasteiger partial charge >= 0.3 is 29.6 Å². The molecule has 0 unspecified atom stereocenters. The molecule has 3 rings (SSSR count). The Morgan fingerprint density at radius 3 is 2.70 bits per heavy atom. The number of amides is 1. The summed E-state index contributed by atoms with van der Waals surface area (Å²) in [5.74, 6) is -1.80. The molecule has 1 aromatic heterocycles. The van der Waals surface area contributed by atoms with Crippen LogP contribution in [-0.4, -0.2) is 46.5 Å². The second kappa shape index (κ2) is 5.73. The topological polar surface area (TPSA) is 121 Å². The van der Waals surface area contributed by atoms with Gasteiger partial charge in [-0.25, -0.2) is 8.42 Å². The van der Waals surface area contributed by atoms with E-state index in [-0.39, 0.29) is 36.0 Å². The van der Waals surface area contributed by atoms with Gasteiger partial charge in [-0.15, -0.1) is 0 Å². The van der Waals surface area contributed by atoms with Crippen LogP contribution in [-0.2, 0) is 19.4 Å². The first-order chi connectivity index (χ1) is 10.2. The number of carboxylic acids is 1. The Balaban J connectivity index is 0.00000192. The third-order valence-electron chi connectivity index (χ3n) is 4.19. The van der Waals surface area contributed by atoms with Crippen LogP contribution < -0.4 is 34.7 Å². The van der Waals surface area contributed by atoms with Crippen molar-refractivity contribution in [2.45, 2.75) is 36.4 Å². The van der Waals surface area contributed by atoms with E-state index in [1.54, 1.807) is 13.0 Å².